The predicted octanol–water partition coefficient (Wildman–Crippen LogP) is 3.33. The first-order chi connectivity index (χ1) is 14.2. The van der Waals surface area contributed by atoms with Gasteiger partial charge in [-0.05, 0) is 42.8 Å². The molecule has 7 nitrogen and oxygen atoms in total. The van der Waals surface area contributed by atoms with Crippen LogP contribution in [0, 0.1) is 6.92 Å². The largest absolute Gasteiger partial charge is 0.383 e. The van der Waals surface area contributed by atoms with Crippen molar-refractivity contribution in [2.24, 2.45) is 0 Å². The van der Waals surface area contributed by atoms with Gasteiger partial charge in [0.2, 0.25) is 5.95 Å². The van der Waals surface area contributed by atoms with Gasteiger partial charge in [-0.25, -0.2) is 4.68 Å². The summed E-state index contributed by atoms with van der Waals surface area (Å²) in [7, 11) is 1.76. The molecule has 1 aliphatic heterocycles. The van der Waals surface area contributed by atoms with Crippen molar-refractivity contribution in [2.45, 2.75) is 6.92 Å². The molecule has 0 bridgehead atoms. The van der Waals surface area contributed by atoms with E-state index in [1.807, 2.05) is 30.3 Å². The second-order valence-electron chi connectivity index (χ2n) is 7.35. The zero-order chi connectivity index (χ0) is 20.1. The van der Waals surface area contributed by atoms with Crippen molar-refractivity contribution < 1.29 is 6.16 Å². The third kappa shape index (κ3) is 4.93. The van der Waals surface area contributed by atoms with Gasteiger partial charge in [-0.3, -0.25) is 4.90 Å². The first-order valence-electron chi connectivity index (χ1n) is 10.0. The maximum Gasteiger partial charge on any atom is 0.246 e. The number of piperazine rings is 1. The molecule has 0 unspecified atom stereocenters. The van der Waals surface area contributed by atoms with Crippen LogP contribution >= 0.6 is 0 Å². The maximum absolute atomic E-state index is 5.20. The molecule has 2 heterocycles. The lowest BCUT2D eigenvalue weighted by atomic mass is 10.1. The Labute approximate surface area is 173 Å². The fourth-order valence-electron chi connectivity index (χ4n) is 3.62. The number of benzene rings is 2. The smallest absolute Gasteiger partial charge is 0.246 e. The van der Waals surface area contributed by atoms with E-state index >= 15 is 0 Å². The van der Waals surface area contributed by atoms with Gasteiger partial charge in [-0.15, -0.1) is 5.10 Å². The number of rotatable bonds is 7. The Morgan fingerprint density at radius 1 is 1.03 bits per heavy atom. The minimum absolute atomic E-state index is 0. The summed E-state index contributed by atoms with van der Waals surface area (Å²) in [5.74, 6) is 0.592. The average molecular weight is 395 g/mol. The van der Waals surface area contributed by atoms with E-state index in [1.54, 1.807) is 18.1 Å². The monoisotopic (exact) mass is 394 g/mol. The van der Waals surface area contributed by atoms with Crippen LogP contribution in [-0.4, -0.2) is 66.1 Å². The SMILES string of the molecule is COCCN1CCN(c2cc(C)cc(Nc3ncn(-c4ccccc4)n3)c2)CC1.[HH]. The van der Waals surface area contributed by atoms with Crippen LogP contribution in [0.25, 0.3) is 5.69 Å². The Bertz CT molecular complexity index is 924. The minimum atomic E-state index is 0. The molecule has 4 rings (SSSR count). The minimum Gasteiger partial charge on any atom is -0.383 e. The van der Waals surface area contributed by atoms with Crippen molar-refractivity contribution in [3.8, 4) is 5.69 Å². The number of hydrogen-bond donors (Lipinski definition) is 1. The molecule has 0 radical (unpaired) electrons. The van der Waals surface area contributed by atoms with Crippen LogP contribution in [0.3, 0.4) is 0 Å². The van der Waals surface area contributed by atoms with Crippen molar-refractivity contribution >= 4 is 17.3 Å². The summed E-state index contributed by atoms with van der Waals surface area (Å²) in [6.07, 6.45) is 1.73. The number of aryl methyl sites for hydroxylation is 1. The van der Waals surface area contributed by atoms with E-state index in [1.165, 1.54) is 11.3 Å². The molecule has 1 aliphatic rings. The van der Waals surface area contributed by atoms with E-state index in [0.29, 0.717) is 5.95 Å². The van der Waals surface area contributed by atoms with Crippen molar-refractivity contribution in [1.29, 1.82) is 0 Å². The summed E-state index contributed by atoms with van der Waals surface area (Å²) >= 11 is 0. The highest BCUT2D eigenvalue weighted by atomic mass is 16.5. The van der Waals surface area contributed by atoms with E-state index in [2.05, 4.69) is 50.3 Å². The first kappa shape index (κ1) is 19.4. The Kier molecular flexibility index (Phi) is 6.07. The third-order valence-corrected chi connectivity index (χ3v) is 5.18. The van der Waals surface area contributed by atoms with E-state index in [9.17, 15) is 0 Å². The van der Waals surface area contributed by atoms with E-state index in [-0.39, 0.29) is 1.43 Å². The third-order valence-electron chi connectivity index (χ3n) is 5.18. The molecule has 7 heteroatoms. The van der Waals surface area contributed by atoms with Crippen molar-refractivity contribution in [3.63, 3.8) is 0 Å². The highest BCUT2D eigenvalue weighted by molar-refractivity contribution is 5.64. The molecule has 1 N–H and O–H groups in total. The molecular weight excluding hydrogens is 364 g/mol. The number of nitrogens with one attached hydrogen (secondary N) is 1. The van der Waals surface area contributed by atoms with Crippen LogP contribution in [0.1, 0.15) is 6.99 Å². The molecule has 3 aromatic rings. The molecule has 0 spiro atoms. The van der Waals surface area contributed by atoms with Gasteiger partial charge in [-0.1, -0.05) is 18.2 Å². The lowest BCUT2D eigenvalue weighted by Crippen LogP contribution is -2.47. The Hall–Kier alpha value is -2.90. The number of methoxy groups -OCH3 is 1. The molecule has 0 amide bonds. The summed E-state index contributed by atoms with van der Waals surface area (Å²) < 4.78 is 6.97. The zero-order valence-electron chi connectivity index (χ0n) is 17.1. The number of aromatic nitrogens is 3. The fraction of sp³-hybridized carbons (Fsp3) is 0.364. The predicted molar refractivity (Wildman–Crippen MR) is 118 cm³/mol. The fourth-order valence-corrected chi connectivity index (χ4v) is 3.62. The van der Waals surface area contributed by atoms with Gasteiger partial charge < -0.3 is 15.0 Å². The van der Waals surface area contributed by atoms with Crippen LogP contribution in [0.2, 0.25) is 0 Å². The van der Waals surface area contributed by atoms with Crippen LogP contribution in [0.4, 0.5) is 17.3 Å². The standard InChI is InChI=1S/C22H28N6O.H2/c1-18-14-19(24-22-23-17-28(25-22)20-6-4-3-5-7-20)16-21(15-18)27-10-8-26(9-11-27)12-13-29-2;/h3-7,14-17H,8-13H2,1-2H3,(H,24,25);1H. The van der Waals surface area contributed by atoms with Crippen LogP contribution in [-0.2, 0) is 4.74 Å². The maximum atomic E-state index is 5.20. The van der Waals surface area contributed by atoms with Gasteiger partial charge in [0, 0.05) is 52.6 Å². The van der Waals surface area contributed by atoms with Crippen LogP contribution in [0.15, 0.2) is 54.9 Å². The number of anilines is 3. The normalized spacial score (nSPS) is 14.9. The highest BCUT2D eigenvalue weighted by Crippen LogP contribution is 2.25. The number of para-hydroxylation sites is 1. The molecule has 1 aromatic heterocycles. The van der Waals surface area contributed by atoms with Crippen molar-refractivity contribution in [3.05, 3.63) is 60.4 Å². The number of nitrogens with zero attached hydrogens (tertiary/aromatic N) is 5. The average Bonchev–Trinajstić information content (AvgIpc) is 3.21. The Morgan fingerprint density at radius 3 is 2.59 bits per heavy atom. The van der Waals surface area contributed by atoms with Gasteiger partial charge in [0.1, 0.15) is 6.33 Å². The van der Waals surface area contributed by atoms with E-state index in [0.717, 1.165) is 50.7 Å². The molecule has 2 aromatic carbocycles. The molecule has 154 valence electrons. The quantitative estimate of drug-likeness (QED) is 0.663. The van der Waals surface area contributed by atoms with Crippen LogP contribution < -0.4 is 10.2 Å². The highest BCUT2D eigenvalue weighted by Gasteiger charge is 2.17. The molecule has 1 fully saturated rings. The first-order valence-corrected chi connectivity index (χ1v) is 10.0. The molecular formula is C22H30N6O. The molecule has 0 saturated carbocycles. The zero-order valence-corrected chi connectivity index (χ0v) is 17.1. The van der Waals surface area contributed by atoms with Crippen molar-refractivity contribution in [2.75, 3.05) is 56.7 Å². The summed E-state index contributed by atoms with van der Waals surface area (Å²) in [4.78, 5) is 9.30. The van der Waals surface area contributed by atoms with Crippen molar-refractivity contribution in [1.82, 2.24) is 19.7 Å². The number of hydrogen-bond acceptors (Lipinski definition) is 6. The van der Waals surface area contributed by atoms with Gasteiger partial charge in [0.05, 0.1) is 12.3 Å². The second kappa shape index (κ2) is 9.07. The molecule has 29 heavy (non-hydrogen) atoms. The van der Waals surface area contributed by atoms with Crippen LogP contribution in [0.5, 0.6) is 0 Å². The molecule has 0 aliphatic carbocycles. The molecule has 0 atom stereocenters. The van der Waals surface area contributed by atoms with E-state index < -0.39 is 0 Å². The summed E-state index contributed by atoms with van der Waals surface area (Å²) in [5, 5.41) is 7.90. The summed E-state index contributed by atoms with van der Waals surface area (Å²) in [6, 6.07) is 16.5. The van der Waals surface area contributed by atoms with E-state index in [4.69, 9.17) is 4.74 Å². The van der Waals surface area contributed by atoms with Gasteiger partial charge in [0.15, 0.2) is 0 Å². The molecule has 1 saturated heterocycles. The lowest BCUT2D eigenvalue weighted by molar-refractivity contribution is 0.144. The van der Waals surface area contributed by atoms with Gasteiger partial charge >= 0.3 is 0 Å². The second-order valence-corrected chi connectivity index (χ2v) is 7.35. The van der Waals surface area contributed by atoms with Gasteiger partial charge in [-0.2, -0.15) is 4.98 Å². The number of ether oxygens (including phenoxy) is 1. The summed E-state index contributed by atoms with van der Waals surface area (Å²) in [6.45, 7) is 8.08. The topological polar surface area (TPSA) is 58.5 Å². The van der Waals surface area contributed by atoms with Gasteiger partial charge in [0.25, 0.3) is 0 Å². The summed E-state index contributed by atoms with van der Waals surface area (Å²) in [5.41, 5.74) is 4.45. The Morgan fingerprint density at radius 2 is 1.83 bits per heavy atom. The lowest BCUT2D eigenvalue weighted by Gasteiger charge is -2.36. The Balaban J connectivity index is 0.00000256.